The Kier molecular flexibility index (Phi) is 6.70. The summed E-state index contributed by atoms with van der Waals surface area (Å²) in [6.07, 6.45) is 5.50. The van der Waals surface area contributed by atoms with E-state index in [0.29, 0.717) is 12.1 Å². The summed E-state index contributed by atoms with van der Waals surface area (Å²) in [6.45, 7) is 4.71. The van der Waals surface area contributed by atoms with Gasteiger partial charge < -0.3 is 15.5 Å². The van der Waals surface area contributed by atoms with E-state index in [-0.39, 0.29) is 35.7 Å². The molecule has 2 aliphatic rings. The number of rotatable bonds is 4. The molecule has 1 aliphatic heterocycles. The highest BCUT2D eigenvalue weighted by Gasteiger charge is 2.32. The number of amides is 3. The molecule has 1 aromatic rings. The van der Waals surface area contributed by atoms with Crippen LogP contribution in [0.1, 0.15) is 61.4 Å². The molecule has 2 N–H and O–H groups in total. The highest BCUT2D eigenvalue weighted by atomic mass is 16.2. The average molecular weight is 386 g/mol. The highest BCUT2D eigenvalue weighted by molar-refractivity contribution is 5.95. The van der Waals surface area contributed by atoms with Gasteiger partial charge in [0.25, 0.3) is 5.91 Å². The predicted octanol–water partition coefficient (Wildman–Crippen LogP) is 2.41. The van der Waals surface area contributed by atoms with Crippen LogP contribution in [0.2, 0.25) is 0 Å². The maximum atomic E-state index is 12.8. The van der Waals surface area contributed by atoms with Crippen LogP contribution in [-0.4, -0.2) is 47.8 Å². The fourth-order valence-corrected chi connectivity index (χ4v) is 4.33. The van der Waals surface area contributed by atoms with Gasteiger partial charge in [0.15, 0.2) is 0 Å². The molecule has 28 heavy (non-hydrogen) atoms. The second kappa shape index (κ2) is 9.22. The van der Waals surface area contributed by atoms with Gasteiger partial charge in [-0.05, 0) is 44.2 Å². The SMILES string of the molecule is CC(=O)N1CCCC(C(=O)N[C@@H]2CCCC[C@H]2NC(=O)c2ccccc2C)C1. The van der Waals surface area contributed by atoms with Crippen LogP contribution in [0.15, 0.2) is 24.3 Å². The minimum atomic E-state index is -0.160. The number of aryl methyl sites for hydroxylation is 1. The van der Waals surface area contributed by atoms with E-state index in [4.69, 9.17) is 0 Å². The van der Waals surface area contributed by atoms with E-state index in [1.54, 1.807) is 11.8 Å². The molecule has 3 amide bonds. The summed E-state index contributed by atoms with van der Waals surface area (Å²) in [6, 6.07) is 7.44. The van der Waals surface area contributed by atoms with E-state index in [1.165, 1.54) is 0 Å². The number of nitrogens with one attached hydrogen (secondary N) is 2. The van der Waals surface area contributed by atoms with Gasteiger partial charge in [-0.2, -0.15) is 0 Å². The number of carbonyl (C=O) groups is 3. The van der Waals surface area contributed by atoms with Gasteiger partial charge in [0.05, 0.1) is 5.92 Å². The normalized spacial score (nSPS) is 25.1. The second-order valence-electron chi connectivity index (χ2n) is 8.10. The Bertz CT molecular complexity index is 733. The van der Waals surface area contributed by atoms with E-state index < -0.39 is 0 Å². The molecule has 1 heterocycles. The Morgan fingerprint density at radius 2 is 1.64 bits per heavy atom. The van der Waals surface area contributed by atoms with Crippen molar-refractivity contribution in [3.05, 3.63) is 35.4 Å². The van der Waals surface area contributed by atoms with E-state index in [2.05, 4.69) is 10.6 Å². The van der Waals surface area contributed by atoms with Gasteiger partial charge in [-0.3, -0.25) is 14.4 Å². The van der Waals surface area contributed by atoms with E-state index in [1.807, 2.05) is 31.2 Å². The first kappa shape index (κ1) is 20.4. The first-order valence-electron chi connectivity index (χ1n) is 10.4. The maximum absolute atomic E-state index is 12.8. The minimum absolute atomic E-state index is 0.00740. The van der Waals surface area contributed by atoms with Crippen LogP contribution in [0.4, 0.5) is 0 Å². The third-order valence-corrected chi connectivity index (χ3v) is 6.04. The largest absolute Gasteiger partial charge is 0.351 e. The number of benzene rings is 1. The van der Waals surface area contributed by atoms with Crippen molar-refractivity contribution in [1.29, 1.82) is 0 Å². The number of piperidine rings is 1. The molecule has 3 atom stereocenters. The standard InChI is InChI=1S/C22H31N3O3/c1-15-8-3-4-10-18(15)22(28)24-20-12-6-5-11-19(20)23-21(27)17-9-7-13-25(14-17)16(2)26/h3-4,8,10,17,19-20H,5-7,9,11-14H2,1-2H3,(H,23,27)(H,24,28)/t17?,19-,20-/m1/s1. The molecule has 1 saturated heterocycles. The number of hydrogen-bond acceptors (Lipinski definition) is 3. The molecule has 0 bridgehead atoms. The quantitative estimate of drug-likeness (QED) is 0.835. The lowest BCUT2D eigenvalue weighted by atomic mass is 9.88. The first-order valence-corrected chi connectivity index (χ1v) is 10.4. The summed E-state index contributed by atoms with van der Waals surface area (Å²) in [7, 11) is 0. The fourth-order valence-electron chi connectivity index (χ4n) is 4.33. The van der Waals surface area contributed by atoms with Crippen molar-refractivity contribution < 1.29 is 14.4 Å². The summed E-state index contributed by atoms with van der Waals surface area (Å²) in [5, 5.41) is 6.32. The zero-order valence-electron chi connectivity index (χ0n) is 16.9. The van der Waals surface area contributed by atoms with Crippen molar-refractivity contribution in [2.75, 3.05) is 13.1 Å². The zero-order valence-corrected chi connectivity index (χ0v) is 16.9. The average Bonchev–Trinajstić information content (AvgIpc) is 2.69. The molecule has 2 fully saturated rings. The van der Waals surface area contributed by atoms with Crippen molar-refractivity contribution >= 4 is 17.7 Å². The van der Waals surface area contributed by atoms with Gasteiger partial charge in [-0.25, -0.2) is 0 Å². The summed E-state index contributed by atoms with van der Waals surface area (Å²) in [5.41, 5.74) is 1.63. The minimum Gasteiger partial charge on any atom is -0.351 e. The van der Waals surface area contributed by atoms with Crippen LogP contribution in [-0.2, 0) is 9.59 Å². The molecule has 6 heteroatoms. The number of likely N-dealkylation sites (tertiary alicyclic amines) is 1. The first-order chi connectivity index (χ1) is 13.5. The molecule has 0 radical (unpaired) electrons. The van der Waals surface area contributed by atoms with Crippen molar-refractivity contribution in [3.8, 4) is 0 Å². The molecule has 6 nitrogen and oxygen atoms in total. The summed E-state index contributed by atoms with van der Waals surface area (Å²) in [5.74, 6) is -0.205. The van der Waals surface area contributed by atoms with E-state index >= 15 is 0 Å². The lowest BCUT2D eigenvalue weighted by molar-refractivity contribution is -0.134. The van der Waals surface area contributed by atoms with Crippen LogP contribution >= 0.6 is 0 Å². The zero-order chi connectivity index (χ0) is 20.1. The van der Waals surface area contributed by atoms with E-state index in [0.717, 1.165) is 50.6 Å². The van der Waals surface area contributed by atoms with Gasteiger partial charge in [0, 0.05) is 37.7 Å². The van der Waals surface area contributed by atoms with Gasteiger partial charge in [0.2, 0.25) is 11.8 Å². The number of carbonyl (C=O) groups excluding carboxylic acids is 3. The Labute approximate surface area is 167 Å². The van der Waals surface area contributed by atoms with Gasteiger partial charge in [0.1, 0.15) is 0 Å². The molecule has 152 valence electrons. The summed E-state index contributed by atoms with van der Waals surface area (Å²) >= 11 is 0. The van der Waals surface area contributed by atoms with Crippen molar-refractivity contribution in [3.63, 3.8) is 0 Å². The van der Waals surface area contributed by atoms with Gasteiger partial charge in [-0.1, -0.05) is 31.0 Å². The monoisotopic (exact) mass is 385 g/mol. The Balaban J connectivity index is 1.61. The number of hydrogen-bond donors (Lipinski definition) is 2. The van der Waals surface area contributed by atoms with E-state index in [9.17, 15) is 14.4 Å². The highest BCUT2D eigenvalue weighted by Crippen LogP contribution is 2.22. The van der Waals surface area contributed by atoms with Gasteiger partial charge >= 0.3 is 0 Å². The predicted molar refractivity (Wildman–Crippen MR) is 108 cm³/mol. The maximum Gasteiger partial charge on any atom is 0.251 e. The smallest absolute Gasteiger partial charge is 0.251 e. The molecule has 0 spiro atoms. The molecule has 0 aromatic heterocycles. The molecule has 1 aromatic carbocycles. The molecule has 1 aliphatic carbocycles. The summed E-state index contributed by atoms with van der Waals surface area (Å²) in [4.78, 5) is 38.9. The fraction of sp³-hybridized carbons (Fsp3) is 0.591. The van der Waals surface area contributed by atoms with Crippen LogP contribution in [0.3, 0.4) is 0 Å². The van der Waals surface area contributed by atoms with Crippen molar-refractivity contribution in [2.24, 2.45) is 5.92 Å². The van der Waals surface area contributed by atoms with Crippen molar-refractivity contribution in [1.82, 2.24) is 15.5 Å². The third-order valence-electron chi connectivity index (χ3n) is 6.04. The van der Waals surface area contributed by atoms with Crippen LogP contribution in [0.5, 0.6) is 0 Å². The Hall–Kier alpha value is -2.37. The van der Waals surface area contributed by atoms with Crippen LogP contribution < -0.4 is 10.6 Å². The lowest BCUT2D eigenvalue weighted by Gasteiger charge is -2.36. The summed E-state index contributed by atoms with van der Waals surface area (Å²) < 4.78 is 0. The topological polar surface area (TPSA) is 78.5 Å². The molecular formula is C22H31N3O3. The van der Waals surface area contributed by atoms with Crippen LogP contribution in [0.25, 0.3) is 0 Å². The molecule has 1 unspecified atom stereocenters. The molecule has 1 saturated carbocycles. The van der Waals surface area contributed by atoms with Gasteiger partial charge in [-0.15, -0.1) is 0 Å². The lowest BCUT2D eigenvalue weighted by Crippen LogP contribution is -2.55. The Morgan fingerprint density at radius 1 is 0.964 bits per heavy atom. The molecule has 3 rings (SSSR count). The number of nitrogens with zero attached hydrogens (tertiary/aromatic N) is 1. The van der Waals surface area contributed by atoms with Crippen LogP contribution in [0, 0.1) is 12.8 Å². The van der Waals surface area contributed by atoms with Crippen molar-refractivity contribution in [2.45, 2.75) is 64.5 Å². The second-order valence-corrected chi connectivity index (χ2v) is 8.10. The third kappa shape index (κ3) is 4.91. The molecular weight excluding hydrogens is 354 g/mol. The Morgan fingerprint density at radius 3 is 2.32 bits per heavy atom.